The van der Waals surface area contributed by atoms with E-state index in [1.54, 1.807) is 32.9 Å². The van der Waals surface area contributed by atoms with Crippen LogP contribution in [0.25, 0.3) is 0 Å². The van der Waals surface area contributed by atoms with E-state index >= 15 is 0 Å². The lowest BCUT2D eigenvalue weighted by molar-refractivity contribution is 0.566. The van der Waals surface area contributed by atoms with Crippen LogP contribution in [0, 0.1) is 6.92 Å². The van der Waals surface area contributed by atoms with Crippen molar-refractivity contribution in [3.8, 4) is 0 Å². The van der Waals surface area contributed by atoms with Gasteiger partial charge in [0.1, 0.15) is 0 Å². The molecule has 0 heterocycles. The van der Waals surface area contributed by atoms with E-state index in [0.717, 1.165) is 10.0 Å². The molecule has 0 saturated carbocycles. The predicted molar refractivity (Wildman–Crippen MR) is 71.2 cm³/mol. The maximum Gasteiger partial charge on any atom is 0.237 e. The van der Waals surface area contributed by atoms with Crippen molar-refractivity contribution >= 4 is 31.6 Å². The summed E-state index contributed by atoms with van der Waals surface area (Å²) in [6.07, 6.45) is 0. The predicted octanol–water partition coefficient (Wildman–Crippen LogP) is 3.30. The second-order valence-electron chi connectivity index (χ2n) is 4.63. The van der Waals surface area contributed by atoms with Crippen molar-refractivity contribution in [1.29, 1.82) is 0 Å². The largest absolute Gasteiger partial charge is 0.283 e. The molecular formula is C11H16BrNO2S. The number of nitrogens with one attached hydrogen (secondary N) is 1. The monoisotopic (exact) mass is 305 g/mol. The number of anilines is 1. The van der Waals surface area contributed by atoms with Gasteiger partial charge in [0.2, 0.25) is 10.0 Å². The number of benzene rings is 1. The third-order valence-electron chi connectivity index (χ3n) is 2.32. The summed E-state index contributed by atoms with van der Waals surface area (Å²) in [6, 6.07) is 5.44. The number of halogens is 1. The Morgan fingerprint density at radius 3 is 2.31 bits per heavy atom. The zero-order valence-electron chi connectivity index (χ0n) is 9.83. The Morgan fingerprint density at radius 2 is 1.81 bits per heavy atom. The summed E-state index contributed by atoms with van der Waals surface area (Å²) in [4.78, 5) is 0. The van der Waals surface area contributed by atoms with Gasteiger partial charge in [-0.3, -0.25) is 4.72 Å². The standard InChI is InChI=1S/C11H16BrNO2S/c1-8-9(12)6-5-7-10(8)13-16(14,15)11(2,3)4/h5-7,13H,1-4H3. The molecule has 1 rings (SSSR count). The first-order chi connectivity index (χ1) is 7.15. The number of rotatable bonds is 2. The minimum atomic E-state index is -3.36. The van der Waals surface area contributed by atoms with Gasteiger partial charge in [-0.25, -0.2) is 8.42 Å². The molecule has 90 valence electrons. The SMILES string of the molecule is Cc1c(Br)cccc1NS(=O)(=O)C(C)(C)C. The van der Waals surface area contributed by atoms with Crippen LogP contribution in [0.3, 0.4) is 0 Å². The van der Waals surface area contributed by atoms with Gasteiger partial charge < -0.3 is 0 Å². The molecule has 0 saturated heterocycles. The van der Waals surface area contributed by atoms with Crippen molar-refractivity contribution in [3.05, 3.63) is 28.2 Å². The zero-order valence-corrected chi connectivity index (χ0v) is 12.2. The Labute approximate surface area is 105 Å². The van der Waals surface area contributed by atoms with Crippen molar-refractivity contribution in [2.24, 2.45) is 0 Å². The average Bonchev–Trinajstić information content (AvgIpc) is 2.11. The first-order valence-corrected chi connectivity index (χ1v) is 7.20. The van der Waals surface area contributed by atoms with E-state index in [1.165, 1.54) is 0 Å². The van der Waals surface area contributed by atoms with Crippen LogP contribution in [0.2, 0.25) is 0 Å². The summed E-state index contributed by atoms with van der Waals surface area (Å²) >= 11 is 3.37. The summed E-state index contributed by atoms with van der Waals surface area (Å²) in [5.74, 6) is 0. The van der Waals surface area contributed by atoms with Crippen LogP contribution in [0.15, 0.2) is 22.7 Å². The Bertz CT molecular complexity index is 489. The van der Waals surface area contributed by atoms with Crippen LogP contribution in [-0.2, 0) is 10.0 Å². The minimum absolute atomic E-state index is 0.615. The molecule has 3 nitrogen and oxygen atoms in total. The summed E-state index contributed by atoms with van der Waals surface area (Å²) < 4.78 is 26.6. The highest BCUT2D eigenvalue weighted by atomic mass is 79.9. The average molecular weight is 306 g/mol. The molecule has 0 bridgehead atoms. The second kappa shape index (κ2) is 4.37. The Kier molecular flexibility index (Phi) is 3.69. The maximum absolute atomic E-state index is 12.0. The Balaban J connectivity index is 3.12. The van der Waals surface area contributed by atoms with Crippen molar-refractivity contribution < 1.29 is 8.42 Å². The molecule has 0 amide bonds. The van der Waals surface area contributed by atoms with E-state index < -0.39 is 14.8 Å². The molecule has 1 N–H and O–H groups in total. The molecule has 0 aromatic heterocycles. The van der Waals surface area contributed by atoms with E-state index in [4.69, 9.17) is 0 Å². The van der Waals surface area contributed by atoms with Crippen molar-refractivity contribution in [3.63, 3.8) is 0 Å². The second-order valence-corrected chi connectivity index (χ2v) is 7.92. The fourth-order valence-electron chi connectivity index (χ4n) is 1.02. The van der Waals surface area contributed by atoms with Crippen molar-refractivity contribution in [2.75, 3.05) is 4.72 Å². The van der Waals surface area contributed by atoms with Gasteiger partial charge in [0.25, 0.3) is 0 Å². The van der Waals surface area contributed by atoms with Gasteiger partial charge in [0, 0.05) is 4.47 Å². The molecule has 0 aliphatic carbocycles. The van der Waals surface area contributed by atoms with Gasteiger partial charge in [-0.15, -0.1) is 0 Å². The third kappa shape index (κ3) is 2.77. The first kappa shape index (κ1) is 13.5. The van der Waals surface area contributed by atoms with Crippen LogP contribution < -0.4 is 4.72 Å². The molecule has 1 aromatic carbocycles. The highest BCUT2D eigenvalue weighted by Crippen LogP contribution is 2.26. The maximum atomic E-state index is 12.0. The van der Waals surface area contributed by atoms with Gasteiger partial charge in [0.15, 0.2) is 0 Å². The molecular weight excluding hydrogens is 290 g/mol. The van der Waals surface area contributed by atoms with Crippen LogP contribution in [0.4, 0.5) is 5.69 Å². The van der Waals surface area contributed by atoms with E-state index in [9.17, 15) is 8.42 Å². The summed E-state index contributed by atoms with van der Waals surface area (Å²) in [5, 5.41) is 0. The normalized spacial score (nSPS) is 12.6. The molecule has 16 heavy (non-hydrogen) atoms. The molecule has 0 radical (unpaired) electrons. The van der Waals surface area contributed by atoms with Crippen molar-refractivity contribution in [2.45, 2.75) is 32.4 Å². The molecule has 0 atom stereocenters. The number of sulfonamides is 1. The lowest BCUT2D eigenvalue weighted by Gasteiger charge is -2.21. The molecule has 0 fully saturated rings. The number of hydrogen-bond acceptors (Lipinski definition) is 2. The lowest BCUT2D eigenvalue weighted by Crippen LogP contribution is -2.33. The fraction of sp³-hybridized carbons (Fsp3) is 0.455. The van der Waals surface area contributed by atoms with Crippen LogP contribution in [-0.4, -0.2) is 13.2 Å². The molecule has 0 spiro atoms. The van der Waals surface area contributed by atoms with Crippen molar-refractivity contribution in [1.82, 2.24) is 0 Å². The van der Waals surface area contributed by atoms with Gasteiger partial charge in [-0.1, -0.05) is 22.0 Å². The van der Waals surface area contributed by atoms with Gasteiger partial charge in [-0.05, 0) is 45.4 Å². The van der Waals surface area contributed by atoms with Gasteiger partial charge in [0.05, 0.1) is 10.4 Å². The van der Waals surface area contributed by atoms with Gasteiger partial charge >= 0.3 is 0 Å². The summed E-state index contributed by atoms with van der Waals surface area (Å²) in [5.41, 5.74) is 1.50. The van der Waals surface area contributed by atoms with E-state index in [1.807, 2.05) is 13.0 Å². The molecule has 0 aliphatic rings. The molecule has 0 aliphatic heterocycles. The van der Waals surface area contributed by atoms with Crippen LogP contribution >= 0.6 is 15.9 Å². The summed E-state index contributed by atoms with van der Waals surface area (Å²) in [7, 11) is -3.36. The fourth-order valence-corrected chi connectivity index (χ4v) is 2.20. The van der Waals surface area contributed by atoms with E-state index in [-0.39, 0.29) is 0 Å². The third-order valence-corrected chi connectivity index (χ3v) is 5.28. The molecule has 1 aromatic rings. The zero-order chi connectivity index (χ0) is 12.6. The van der Waals surface area contributed by atoms with Gasteiger partial charge in [-0.2, -0.15) is 0 Å². The summed E-state index contributed by atoms with van der Waals surface area (Å²) in [6.45, 7) is 6.87. The smallest absolute Gasteiger partial charge is 0.237 e. The Hall–Kier alpha value is -0.550. The van der Waals surface area contributed by atoms with Crippen LogP contribution in [0.1, 0.15) is 26.3 Å². The lowest BCUT2D eigenvalue weighted by atomic mass is 10.2. The molecule has 0 unspecified atom stereocenters. The van der Waals surface area contributed by atoms with Crippen LogP contribution in [0.5, 0.6) is 0 Å². The van der Waals surface area contributed by atoms with E-state index in [2.05, 4.69) is 20.7 Å². The molecule has 5 heteroatoms. The highest BCUT2D eigenvalue weighted by Gasteiger charge is 2.29. The minimum Gasteiger partial charge on any atom is -0.283 e. The topological polar surface area (TPSA) is 46.2 Å². The first-order valence-electron chi connectivity index (χ1n) is 4.92. The highest BCUT2D eigenvalue weighted by molar-refractivity contribution is 9.10. The number of hydrogen-bond donors (Lipinski definition) is 1. The quantitative estimate of drug-likeness (QED) is 0.911. The van der Waals surface area contributed by atoms with E-state index in [0.29, 0.717) is 5.69 Å². The Morgan fingerprint density at radius 1 is 1.25 bits per heavy atom.